The fraction of sp³-hybridized carbons (Fsp3) is 0.150. The number of nitrogens with one attached hydrogen (secondary N) is 1. The molecule has 0 aliphatic carbocycles. The third-order valence-corrected chi connectivity index (χ3v) is 4.67. The third-order valence-electron chi connectivity index (χ3n) is 4.37. The maximum Gasteiger partial charge on any atom is 0.340 e. The molecular weight excluding hydrogens is 386 g/mol. The zero-order chi connectivity index (χ0) is 20.4. The summed E-state index contributed by atoms with van der Waals surface area (Å²) in [6, 6.07) is 9.38. The lowest BCUT2D eigenvalue weighted by Gasteiger charge is -2.20. The standard InChI is InChI=1S/C20H16ClNO6/c1-10-12-7-14(21)15(23)9-16(12)28-20(27)13(10)8-17(24)22-18(19(25)26)11-5-3-2-4-6-11/h2-7,9,18,23H,8H2,1H3,(H,22,24)(H,25,26)/p-1/t18-/m0/s1. The summed E-state index contributed by atoms with van der Waals surface area (Å²) in [6.45, 7) is 1.61. The van der Waals surface area contributed by atoms with E-state index in [4.69, 9.17) is 16.0 Å². The van der Waals surface area contributed by atoms with Gasteiger partial charge in [-0.15, -0.1) is 0 Å². The second kappa shape index (κ2) is 7.74. The number of aliphatic carboxylic acids is 1. The van der Waals surface area contributed by atoms with Crippen LogP contribution < -0.4 is 16.0 Å². The lowest BCUT2D eigenvalue weighted by molar-refractivity contribution is -0.308. The van der Waals surface area contributed by atoms with Gasteiger partial charge in [0.1, 0.15) is 11.3 Å². The summed E-state index contributed by atoms with van der Waals surface area (Å²) in [5, 5.41) is 24.0. The van der Waals surface area contributed by atoms with Crippen LogP contribution in [0.4, 0.5) is 0 Å². The highest BCUT2D eigenvalue weighted by Crippen LogP contribution is 2.30. The molecule has 0 spiro atoms. The number of phenolic OH excluding ortho intramolecular Hbond substituents is 1. The summed E-state index contributed by atoms with van der Waals surface area (Å²) in [5.41, 5.74) is 0.238. The van der Waals surface area contributed by atoms with E-state index in [2.05, 4.69) is 5.32 Å². The molecule has 1 atom stereocenters. The van der Waals surface area contributed by atoms with Gasteiger partial charge in [0.2, 0.25) is 5.91 Å². The SMILES string of the molecule is Cc1c(CC(=O)N[C@H](C(=O)[O-])c2ccccc2)c(=O)oc2cc(O)c(Cl)cc12. The first-order chi connectivity index (χ1) is 13.3. The van der Waals surface area contributed by atoms with Gasteiger partial charge in [-0.3, -0.25) is 4.79 Å². The van der Waals surface area contributed by atoms with Crippen LogP contribution in [-0.4, -0.2) is 17.0 Å². The highest BCUT2D eigenvalue weighted by Gasteiger charge is 2.20. The number of carbonyl (C=O) groups is 2. The molecule has 28 heavy (non-hydrogen) atoms. The molecule has 0 fully saturated rings. The van der Waals surface area contributed by atoms with Crippen LogP contribution in [0.25, 0.3) is 11.0 Å². The van der Waals surface area contributed by atoms with Gasteiger partial charge in [0, 0.05) is 11.5 Å². The van der Waals surface area contributed by atoms with Crippen molar-refractivity contribution >= 4 is 34.4 Å². The minimum Gasteiger partial charge on any atom is -0.548 e. The third kappa shape index (κ3) is 3.84. The Morgan fingerprint density at radius 2 is 1.93 bits per heavy atom. The molecular formula is C20H15ClNO6-. The number of carboxylic acid groups (broad SMARTS) is 1. The Morgan fingerprint density at radius 3 is 2.57 bits per heavy atom. The van der Waals surface area contributed by atoms with E-state index in [1.54, 1.807) is 37.3 Å². The Kier molecular flexibility index (Phi) is 5.37. The fourth-order valence-corrected chi connectivity index (χ4v) is 3.06. The largest absolute Gasteiger partial charge is 0.548 e. The van der Waals surface area contributed by atoms with Crippen LogP contribution in [0.1, 0.15) is 22.7 Å². The average Bonchev–Trinajstić information content (AvgIpc) is 2.65. The van der Waals surface area contributed by atoms with Crippen molar-refractivity contribution in [2.24, 2.45) is 0 Å². The van der Waals surface area contributed by atoms with E-state index in [0.717, 1.165) is 0 Å². The highest BCUT2D eigenvalue weighted by molar-refractivity contribution is 6.32. The van der Waals surface area contributed by atoms with Crippen molar-refractivity contribution in [2.75, 3.05) is 0 Å². The zero-order valence-corrected chi connectivity index (χ0v) is 15.4. The lowest BCUT2D eigenvalue weighted by Crippen LogP contribution is -2.42. The number of halogens is 1. The number of benzene rings is 2. The fourth-order valence-electron chi connectivity index (χ4n) is 2.90. The Bertz CT molecular complexity index is 1120. The van der Waals surface area contributed by atoms with Gasteiger partial charge in [0.15, 0.2) is 0 Å². The van der Waals surface area contributed by atoms with Gasteiger partial charge in [-0.1, -0.05) is 41.9 Å². The van der Waals surface area contributed by atoms with Crippen LogP contribution in [0.2, 0.25) is 5.02 Å². The lowest BCUT2D eigenvalue weighted by atomic mass is 10.0. The molecule has 1 amide bonds. The van der Waals surface area contributed by atoms with E-state index in [0.29, 0.717) is 16.5 Å². The molecule has 8 heteroatoms. The van der Waals surface area contributed by atoms with Gasteiger partial charge in [-0.05, 0) is 24.1 Å². The van der Waals surface area contributed by atoms with E-state index < -0.39 is 23.5 Å². The summed E-state index contributed by atoms with van der Waals surface area (Å²) >= 11 is 5.91. The summed E-state index contributed by atoms with van der Waals surface area (Å²) < 4.78 is 5.16. The summed E-state index contributed by atoms with van der Waals surface area (Å²) in [4.78, 5) is 36.1. The molecule has 0 aliphatic heterocycles. The molecule has 3 aromatic rings. The molecule has 0 bridgehead atoms. The molecule has 0 unspecified atom stereocenters. The van der Waals surface area contributed by atoms with Crippen molar-refractivity contribution in [2.45, 2.75) is 19.4 Å². The smallest absolute Gasteiger partial charge is 0.340 e. The van der Waals surface area contributed by atoms with E-state index >= 15 is 0 Å². The Balaban J connectivity index is 1.91. The zero-order valence-electron chi connectivity index (χ0n) is 14.7. The first-order valence-corrected chi connectivity index (χ1v) is 8.65. The molecule has 2 N–H and O–H groups in total. The van der Waals surface area contributed by atoms with E-state index in [-0.39, 0.29) is 28.3 Å². The van der Waals surface area contributed by atoms with Crippen LogP contribution in [0.15, 0.2) is 51.7 Å². The predicted octanol–water partition coefficient (Wildman–Crippen LogP) is 1.61. The second-order valence-corrected chi connectivity index (χ2v) is 6.61. The molecule has 144 valence electrons. The number of carbonyl (C=O) groups excluding carboxylic acids is 2. The van der Waals surface area contributed by atoms with Crippen molar-refractivity contribution in [3.63, 3.8) is 0 Å². The van der Waals surface area contributed by atoms with Gasteiger partial charge in [-0.2, -0.15) is 0 Å². The molecule has 0 radical (unpaired) electrons. The van der Waals surface area contributed by atoms with Crippen LogP contribution in [0.3, 0.4) is 0 Å². The molecule has 1 heterocycles. The maximum absolute atomic E-state index is 12.4. The van der Waals surface area contributed by atoms with Crippen molar-refractivity contribution < 1.29 is 24.2 Å². The van der Waals surface area contributed by atoms with Gasteiger partial charge in [-0.25, -0.2) is 4.79 Å². The summed E-state index contributed by atoms with van der Waals surface area (Å²) in [6.07, 6.45) is -0.390. The highest BCUT2D eigenvalue weighted by atomic mass is 35.5. The monoisotopic (exact) mass is 400 g/mol. The Hall–Kier alpha value is -3.32. The number of carboxylic acids is 1. The second-order valence-electron chi connectivity index (χ2n) is 6.20. The Labute approximate surface area is 164 Å². The molecule has 3 rings (SSSR count). The van der Waals surface area contributed by atoms with E-state index in [1.807, 2.05) is 0 Å². The van der Waals surface area contributed by atoms with Crippen molar-refractivity contribution in [3.8, 4) is 5.75 Å². The molecule has 0 saturated heterocycles. The first kappa shape index (κ1) is 19.4. The number of hydrogen-bond acceptors (Lipinski definition) is 6. The number of phenols is 1. The van der Waals surface area contributed by atoms with Crippen LogP contribution in [-0.2, 0) is 16.0 Å². The molecule has 1 aromatic heterocycles. The van der Waals surface area contributed by atoms with E-state index in [1.165, 1.54) is 12.1 Å². The minimum atomic E-state index is -1.47. The average molecular weight is 401 g/mol. The van der Waals surface area contributed by atoms with Crippen molar-refractivity contribution in [3.05, 3.63) is 74.6 Å². The topological polar surface area (TPSA) is 120 Å². The first-order valence-electron chi connectivity index (χ1n) is 8.28. The predicted molar refractivity (Wildman–Crippen MR) is 99.9 cm³/mol. The summed E-state index contributed by atoms with van der Waals surface area (Å²) in [7, 11) is 0. The van der Waals surface area contributed by atoms with Gasteiger partial charge in [0.05, 0.1) is 29.0 Å². The van der Waals surface area contributed by atoms with Gasteiger partial charge < -0.3 is 24.7 Å². The number of aromatic hydroxyl groups is 1. The number of fused-ring (bicyclic) bond motifs is 1. The number of aryl methyl sites for hydroxylation is 1. The van der Waals surface area contributed by atoms with E-state index in [9.17, 15) is 24.6 Å². The van der Waals surface area contributed by atoms with Crippen molar-refractivity contribution in [1.29, 1.82) is 0 Å². The maximum atomic E-state index is 12.4. The molecule has 0 saturated carbocycles. The molecule has 7 nitrogen and oxygen atoms in total. The van der Waals surface area contributed by atoms with Gasteiger partial charge >= 0.3 is 5.63 Å². The van der Waals surface area contributed by atoms with Crippen LogP contribution in [0, 0.1) is 6.92 Å². The Morgan fingerprint density at radius 1 is 1.25 bits per heavy atom. The number of rotatable bonds is 5. The minimum absolute atomic E-state index is 0.0666. The van der Waals surface area contributed by atoms with Crippen molar-refractivity contribution in [1.82, 2.24) is 5.32 Å². The number of amides is 1. The quantitative estimate of drug-likeness (QED) is 0.628. The summed E-state index contributed by atoms with van der Waals surface area (Å²) in [5.74, 6) is -2.39. The van der Waals surface area contributed by atoms with Gasteiger partial charge in [0.25, 0.3) is 0 Å². The van der Waals surface area contributed by atoms with Crippen LogP contribution >= 0.6 is 11.6 Å². The molecule has 2 aromatic carbocycles. The normalized spacial score (nSPS) is 11.9. The number of hydrogen-bond donors (Lipinski definition) is 2. The van der Waals surface area contributed by atoms with Crippen LogP contribution in [0.5, 0.6) is 5.75 Å². The molecule has 0 aliphatic rings.